The number of benzene rings is 1. The van der Waals surface area contributed by atoms with E-state index in [1.807, 2.05) is 18.2 Å². The first-order valence-corrected chi connectivity index (χ1v) is 7.73. The van der Waals surface area contributed by atoms with E-state index >= 15 is 0 Å². The van der Waals surface area contributed by atoms with Gasteiger partial charge in [-0.1, -0.05) is 35.7 Å². The van der Waals surface area contributed by atoms with Gasteiger partial charge in [-0.2, -0.15) is 0 Å². The van der Waals surface area contributed by atoms with Gasteiger partial charge in [0, 0.05) is 12.5 Å². The average Bonchev–Trinajstić information content (AvgIpc) is 2.68. The molecule has 0 aliphatic carbocycles. The quantitative estimate of drug-likeness (QED) is 0.842. The molecular weight excluding hydrogens is 299 g/mol. The zero-order chi connectivity index (χ0) is 14.4. The van der Waals surface area contributed by atoms with E-state index in [9.17, 15) is 0 Å². The summed E-state index contributed by atoms with van der Waals surface area (Å²) in [4.78, 5) is 0. The Labute approximate surface area is 129 Å². The lowest BCUT2D eigenvalue weighted by atomic mass is 9.89. The van der Waals surface area contributed by atoms with E-state index in [0.717, 1.165) is 31.4 Å². The highest BCUT2D eigenvalue weighted by atomic mass is 35.5. The fourth-order valence-corrected chi connectivity index (χ4v) is 2.86. The normalized spacial score (nSPS) is 23.6. The zero-order valence-corrected chi connectivity index (χ0v) is 12.9. The summed E-state index contributed by atoms with van der Waals surface area (Å²) in [6, 6.07) is 5.75. The van der Waals surface area contributed by atoms with Crippen molar-refractivity contribution < 1.29 is 14.6 Å². The molecule has 1 saturated heterocycles. The second kappa shape index (κ2) is 8.20. The van der Waals surface area contributed by atoms with Gasteiger partial charge in [-0.15, -0.1) is 0 Å². The van der Waals surface area contributed by atoms with Crippen molar-refractivity contribution in [3.8, 4) is 0 Å². The third-order valence-corrected chi connectivity index (χ3v) is 4.32. The molecule has 20 heavy (non-hydrogen) atoms. The van der Waals surface area contributed by atoms with E-state index in [1.54, 1.807) is 0 Å². The summed E-state index contributed by atoms with van der Waals surface area (Å²) in [5, 5.41) is 9.94. The SMILES string of the molecule is OCCOC[C@H]1OCCCCC1c1ccc(Cl)c(Cl)c1. The van der Waals surface area contributed by atoms with Crippen LogP contribution in [0.15, 0.2) is 18.2 Å². The summed E-state index contributed by atoms with van der Waals surface area (Å²) in [7, 11) is 0. The van der Waals surface area contributed by atoms with Crippen LogP contribution in [0, 0.1) is 0 Å². The van der Waals surface area contributed by atoms with Crippen LogP contribution < -0.4 is 0 Å². The molecule has 0 radical (unpaired) electrons. The predicted molar refractivity (Wildman–Crippen MR) is 80.7 cm³/mol. The number of aliphatic hydroxyl groups is 1. The van der Waals surface area contributed by atoms with E-state index in [0.29, 0.717) is 23.3 Å². The lowest BCUT2D eigenvalue weighted by molar-refractivity contribution is -0.0295. The van der Waals surface area contributed by atoms with E-state index in [1.165, 1.54) is 0 Å². The molecule has 0 spiro atoms. The van der Waals surface area contributed by atoms with E-state index in [4.69, 9.17) is 37.8 Å². The summed E-state index contributed by atoms with van der Waals surface area (Å²) >= 11 is 12.1. The Bertz CT molecular complexity index is 426. The van der Waals surface area contributed by atoms with Crippen molar-refractivity contribution in [1.82, 2.24) is 0 Å². The molecule has 3 nitrogen and oxygen atoms in total. The Balaban J connectivity index is 2.12. The molecule has 1 N–H and O–H groups in total. The smallest absolute Gasteiger partial charge is 0.0876 e. The number of rotatable bonds is 5. The van der Waals surface area contributed by atoms with Gasteiger partial charge in [0.1, 0.15) is 0 Å². The fourth-order valence-electron chi connectivity index (χ4n) is 2.56. The molecule has 0 amide bonds. The molecular formula is C15H20Cl2O3. The van der Waals surface area contributed by atoms with Crippen LogP contribution in [-0.2, 0) is 9.47 Å². The number of aliphatic hydroxyl groups excluding tert-OH is 1. The van der Waals surface area contributed by atoms with Crippen molar-refractivity contribution in [3.05, 3.63) is 33.8 Å². The second-order valence-corrected chi connectivity index (χ2v) is 5.80. The van der Waals surface area contributed by atoms with Crippen LogP contribution in [0.1, 0.15) is 30.7 Å². The maximum atomic E-state index is 8.80. The fraction of sp³-hybridized carbons (Fsp3) is 0.600. The molecule has 1 heterocycles. The number of ether oxygens (including phenoxy) is 2. The summed E-state index contributed by atoms with van der Waals surface area (Å²) in [5.41, 5.74) is 1.14. The van der Waals surface area contributed by atoms with Gasteiger partial charge in [-0.05, 0) is 30.5 Å². The Kier molecular flexibility index (Phi) is 6.59. The topological polar surface area (TPSA) is 38.7 Å². The van der Waals surface area contributed by atoms with Crippen LogP contribution in [0.3, 0.4) is 0 Å². The van der Waals surface area contributed by atoms with Gasteiger partial charge in [-0.25, -0.2) is 0 Å². The molecule has 2 atom stereocenters. The molecule has 1 fully saturated rings. The average molecular weight is 319 g/mol. The summed E-state index contributed by atoms with van der Waals surface area (Å²) in [6.45, 7) is 1.62. The van der Waals surface area contributed by atoms with Crippen LogP contribution >= 0.6 is 23.2 Å². The molecule has 2 rings (SSSR count). The predicted octanol–water partition coefficient (Wildman–Crippen LogP) is 3.66. The van der Waals surface area contributed by atoms with Crippen LogP contribution in [0.2, 0.25) is 10.0 Å². The molecule has 1 aliphatic rings. The first-order valence-electron chi connectivity index (χ1n) is 6.97. The van der Waals surface area contributed by atoms with Crippen LogP contribution in [0.5, 0.6) is 0 Å². The minimum absolute atomic E-state index is 0.00120. The van der Waals surface area contributed by atoms with Gasteiger partial charge in [-0.3, -0.25) is 0 Å². The number of hydrogen-bond donors (Lipinski definition) is 1. The monoisotopic (exact) mass is 318 g/mol. The molecule has 0 aromatic heterocycles. The first-order chi connectivity index (χ1) is 9.72. The van der Waals surface area contributed by atoms with Gasteiger partial charge in [0.2, 0.25) is 0 Å². The van der Waals surface area contributed by atoms with Crippen LogP contribution in [-0.4, -0.2) is 37.6 Å². The summed E-state index contributed by atoms with van der Waals surface area (Å²) < 4.78 is 11.4. The van der Waals surface area contributed by atoms with Gasteiger partial charge < -0.3 is 14.6 Å². The molecule has 1 aromatic rings. The molecule has 1 aliphatic heterocycles. The van der Waals surface area contributed by atoms with Crippen molar-refractivity contribution in [2.45, 2.75) is 31.3 Å². The highest BCUT2D eigenvalue weighted by Gasteiger charge is 2.26. The summed E-state index contributed by atoms with van der Waals surface area (Å²) in [5.74, 6) is 0.256. The third-order valence-electron chi connectivity index (χ3n) is 3.58. The Morgan fingerprint density at radius 1 is 1.25 bits per heavy atom. The minimum Gasteiger partial charge on any atom is -0.394 e. The van der Waals surface area contributed by atoms with E-state index in [-0.39, 0.29) is 18.6 Å². The largest absolute Gasteiger partial charge is 0.394 e. The maximum absolute atomic E-state index is 8.80. The number of hydrogen-bond acceptors (Lipinski definition) is 3. The molecule has 5 heteroatoms. The highest BCUT2D eigenvalue weighted by Crippen LogP contribution is 2.34. The van der Waals surface area contributed by atoms with E-state index < -0.39 is 0 Å². The van der Waals surface area contributed by atoms with Crippen LogP contribution in [0.25, 0.3) is 0 Å². The van der Waals surface area contributed by atoms with Crippen molar-refractivity contribution >= 4 is 23.2 Å². The van der Waals surface area contributed by atoms with Gasteiger partial charge in [0.05, 0.1) is 36.0 Å². The lowest BCUT2D eigenvalue weighted by Crippen LogP contribution is -2.27. The van der Waals surface area contributed by atoms with Crippen LogP contribution in [0.4, 0.5) is 0 Å². The number of halogens is 2. The highest BCUT2D eigenvalue weighted by molar-refractivity contribution is 6.42. The van der Waals surface area contributed by atoms with Crippen molar-refractivity contribution in [2.24, 2.45) is 0 Å². The van der Waals surface area contributed by atoms with Gasteiger partial charge in [0.25, 0.3) is 0 Å². The standard InChI is InChI=1S/C15H20Cl2O3/c16-13-5-4-11(9-14(13)17)12-3-1-2-7-20-15(12)10-19-8-6-18/h4-5,9,12,15,18H,1-3,6-8,10H2/t12?,15-/m1/s1. The maximum Gasteiger partial charge on any atom is 0.0876 e. The second-order valence-electron chi connectivity index (χ2n) is 4.98. The van der Waals surface area contributed by atoms with Crippen molar-refractivity contribution in [2.75, 3.05) is 26.4 Å². The third kappa shape index (κ3) is 4.34. The van der Waals surface area contributed by atoms with Gasteiger partial charge >= 0.3 is 0 Å². The Morgan fingerprint density at radius 3 is 2.85 bits per heavy atom. The van der Waals surface area contributed by atoms with Crippen molar-refractivity contribution in [1.29, 1.82) is 0 Å². The molecule has 1 unspecified atom stereocenters. The minimum atomic E-state index is 0.00120. The molecule has 1 aromatic carbocycles. The first kappa shape index (κ1) is 16.1. The molecule has 0 saturated carbocycles. The van der Waals surface area contributed by atoms with Crippen molar-refractivity contribution in [3.63, 3.8) is 0 Å². The summed E-state index contributed by atoms with van der Waals surface area (Å²) in [6.07, 6.45) is 3.24. The molecule has 0 bridgehead atoms. The van der Waals surface area contributed by atoms with Gasteiger partial charge in [0.15, 0.2) is 0 Å². The Morgan fingerprint density at radius 2 is 2.10 bits per heavy atom. The zero-order valence-electron chi connectivity index (χ0n) is 11.4. The lowest BCUT2D eigenvalue weighted by Gasteiger charge is -2.25. The van der Waals surface area contributed by atoms with E-state index in [2.05, 4.69) is 0 Å². The molecule has 112 valence electrons. The Hall–Kier alpha value is -0.320.